The van der Waals surface area contributed by atoms with Crippen LogP contribution in [0.5, 0.6) is 5.75 Å². The molecule has 0 atom stereocenters. The highest BCUT2D eigenvalue weighted by molar-refractivity contribution is 14.1. The van der Waals surface area contributed by atoms with E-state index in [4.69, 9.17) is 0 Å². The van der Waals surface area contributed by atoms with Gasteiger partial charge in [0.1, 0.15) is 3.70 Å². The molecule has 0 aliphatic heterocycles. The topological polar surface area (TPSA) is 22.1 Å². The van der Waals surface area contributed by atoms with Crippen LogP contribution in [0.15, 0.2) is 6.07 Å². The predicted molar refractivity (Wildman–Crippen MR) is 53.3 cm³/mol. The molecule has 0 radical (unpaired) electrons. The number of halogens is 6. The normalized spacial score (nSPS) is 12.0. The summed E-state index contributed by atoms with van der Waals surface area (Å²) in [4.78, 5) is 3.56. The number of alkyl halides is 5. The van der Waals surface area contributed by atoms with E-state index in [-0.39, 0.29) is 9.39 Å². The molecular weight excluding hydrogens is 348 g/mol. The van der Waals surface area contributed by atoms with Gasteiger partial charge in [-0.05, 0) is 35.6 Å². The number of nitrogens with zero attached hydrogens (tertiary/aromatic N) is 1. The Morgan fingerprint density at radius 1 is 1.38 bits per heavy atom. The maximum absolute atomic E-state index is 12.4. The molecule has 0 saturated heterocycles. The van der Waals surface area contributed by atoms with Gasteiger partial charge in [0, 0.05) is 11.3 Å². The van der Waals surface area contributed by atoms with Gasteiger partial charge in [-0.25, -0.2) is 13.8 Å². The lowest BCUT2D eigenvalue weighted by atomic mass is 10.2. The van der Waals surface area contributed by atoms with Crippen LogP contribution in [-0.2, 0) is 0 Å². The van der Waals surface area contributed by atoms with E-state index in [1.165, 1.54) is 29.5 Å². The minimum absolute atomic E-state index is 0.0195. The smallest absolute Gasteiger partial charge is 0.403 e. The van der Waals surface area contributed by atoms with Gasteiger partial charge >= 0.3 is 6.36 Å². The molecule has 0 aliphatic rings. The first kappa shape index (κ1) is 13.4. The molecule has 1 rings (SSSR count). The van der Waals surface area contributed by atoms with Crippen molar-refractivity contribution in [3.63, 3.8) is 0 Å². The lowest BCUT2D eigenvalue weighted by Crippen LogP contribution is -2.18. The standard InChI is InChI=1S/C8H5F5INO/c1-3-4(6(9)10)2-5(7(14)15-3)16-8(11,12)13/h2,6H,1H3. The van der Waals surface area contributed by atoms with Crippen LogP contribution >= 0.6 is 22.6 Å². The van der Waals surface area contributed by atoms with Gasteiger partial charge in [-0.2, -0.15) is 0 Å². The highest BCUT2D eigenvalue weighted by Gasteiger charge is 2.33. The van der Waals surface area contributed by atoms with Gasteiger partial charge in [0.2, 0.25) is 0 Å². The Labute approximate surface area is 101 Å². The Kier molecular flexibility index (Phi) is 3.92. The maximum atomic E-state index is 12.4. The molecule has 0 unspecified atom stereocenters. The van der Waals surface area contributed by atoms with Gasteiger partial charge < -0.3 is 4.74 Å². The number of rotatable bonds is 2. The molecule has 0 aliphatic carbocycles. The molecule has 0 amide bonds. The molecule has 16 heavy (non-hydrogen) atoms. The number of hydrogen-bond donors (Lipinski definition) is 0. The van der Waals surface area contributed by atoms with Gasteiger partial charge in [0.05, 0.1) is 0 Å². The van der Waals surface area contributed by atoms with Crippen LogP contribution in [0.4, 0.5) is 22.0 Å². The third-order valence-corrected chi connectivity index (χ3v) is 2.41. The van der Waals surface area contributed by atoms with E-state index >= 15 is 0 Å². The zero-order valence-corrected chi connectivity index (χ0v) is 9.94. The van der Waals surface area contributed by atoms with Crippen LogP contribution in [0.2, 0.25) is 0 Å². The summed E-state index contributed by atoms with van der Waals surface area (Å²) in [6.07, 6.45) is -7.81. The lowest BCUT2D eigenvalue weighted by molar-refractivity contribution is -0.275. The maximum Gasteiger partial charge on any atom is 0.573 e. The van der Waals surface area contributed by atoms with Gasteiger partial charge in [-0.3, -0.25) is 0 Å². The fourth-order valence-corrected chi connectivity index (χ4v) is 1.62. The van der Waals surface area contributed by atoms with Crippen LogP contribution < -0.4 is 4.74 Å². The highest BCUT2D eigenvalue weighted by atomic mass is 127. The van der Waals surface area contributed by atoms with E-state index in [2.05, 4.69) is 9.72 Å². The van der Waals surface area contributed by atoms with Crippen molar-refractivity contribution in [3.8, 4) is 5.75 Å². The molecule has 0 aromatic carbocycles. The van der Waals surface area contributed by atoms with E-state index in [9.17, 15) is 22.0 Å². The van der Waals surface area contributed by atoms with Crippen LogP contribution in [0.1, 0.15) is 17.7 Å². The minimum atomic E-state index is -4.92. The first-order chi connectivity index (χ1) is 7.20. The second kappa shape index (κ2) is 4.68. The van der Waals surface area contributed by atoms with E-state index in [1.807, 2.05) is 0 Å². The third kappa shape index (κ3) is 3.42. The van der Waals surface area contributed by atoms with Crippen molar-refractivity contribution in [1.82, 2.24) is 4.98 Å². The molecule has 0 bridgehead atoms. The Bertz CT molecular complexity index is 393. The summed E-state index contributed by atoms with van der Waals surface area (Å²) in [5, 5.41) is 0. The Balaban J connectivity index is 3.15. The van der Waals surface area contributed by atoms with Crippen LogP contribution in [-0.4, -0.2) is 11.3 Å². The molecule has 2 nitrogen and oxygen atoms in total. The summed E-state index contributed by atoms with van der Waals surface area (Å²) in [6, 6.07) is 0.655. The summed E-state index contributed by atoms with van der Waals surface area (Å²) in [6.45, 7) is 1.29. The summed E-state index contributed by atoms with van der Waals surface area (Å²) >= 11 is 1.49. The average molecular weight is 353 g/mol. The van der Waals surface area contributed by atoms with Gasteiger partial charge in [0.25, 0.3) is 6.43 Å². The molecule has 1 aromatic rings. The van der Waals surface area contributed by atoms with Crippen molar-refractivity contribution in [2.75, 3.05) is 0 Å². The van der Waals surface area contributed by atoms with Crippen LogP contribution in [0.25, 0.3) is 0 Å². The fourth-order valence-electron chi connectivity index (χ4n) is 0.989. The predicted octanol–water partition coefficient (Wildman–Crippen LogP) is 3.83. The molecule has 1 heterocycles. The molecule has 0 spiro atoms. The number of aryl methyl sites for hydroxylation is 1. The van der Waals surface area contributed by atoms with Crippen LogP contribution in [0.3, 0.4) is 0 Å². The summed E-state index contributed by atoms with van der Waals surface area (Å²) in [5.41, 5.74) is -0.589. The van der Waals surface area contributed by atoms with Crippen molar-refractivity contribution >= 4 is 22.6 Å². The molecule has 0 saturated carbocycles. The van der Waals surface area contributed by atoms with E-state index in [0.29, 0.717) is 6.07 Å². The number of pyridine rings is 1. The van der Waals surface area contributed by atoms with E-state index in [0.717, 1.165) is 0 Å². The highest BCUT2D eigenvalue weighted by Crippen LogP contribution is 2.31. The fraction of sp³-hybridized carbons (Fsp3) is 0.375. The average Bonchev–Trinajstić information content (AvgIpc) is 2.07. The van der Waals surface area contributed by atoms with Crippen molar-refractivity contribution in [1.29, 1.82) is 0 Å². The second-order valence-electron chi connectivity index (χ2n) is 2.80. The molecule has 8 heteroatoms. The van der Waals surface area contributed by atoms with Gasteiger partial charge in [-0.1, -0.05) is 0 Å². The monoisotopic (exact) mass is 353 g/mol. The summed E-state index contributed by atoms with van der Waals surface area (Å²) in [7, 11) is 0. The molecular formula is C8H5F5INO. The Morgan fingerprint density at radius 2 is 1.94 bits per heavy atom. The summed E-state index contributed by atoms with van der Waals surface area (Å²) < 4.78 is 64.0. The quantitative estimate of drug-likeness (QED) is 0.458. The van der Waals surface area contributed by atoms with Gasteiger partial charge in [-0.15, -0.1) is 13.2 Å². The largest absolute Gasteiger partial charge is 0.573 e. The summed E-state index contributed by atoms with van der Waals surface area (Å²) in [5.74, 6) is -0.714. The molecule has 0 N–H and O–H groups in total. The van der Waals surface area contributed by atoms with Gasteiger partial charge in [0.15, 0.2) is 5.75 Å². The van der Waals surface area contributed by atoms with Crippen molar-refractivity contribution < 1.29 is 26.7 Å². The second-order valence-corrected chi connectivity index (χ2v) is 3.82. The van der Waals surface area contributed by atoms with E-state index < -0.39 is 24.1 Å². The minimum Gasteiger partial charge on any atom is -0.403 e. The third-order valence-electron chi connectivity index (χ3n) is 1.63. The zero-order chi connectivity index (χ0) is 12.5. The van der Waals surface area contributed by atoms with Crippen molar-refractivity contribution in [3.05, 3.63) is 21.0 Å². The number of aromatic nitrogens is 1. The van der Waals surface area contributed by atoms with E-state index in [1.54, 1.807) is 0 Å². The molecule has 1 aromatic heterocycles. The molecule has 90 valence electrons. The zero-order valence-electron chi connectivity index (χ0n) is 7.78. The molecule has 0 fully saturated rings. The Hall–Kier alpha value is -0.670. The number of hydrogen-bond acceptors (Lipinski definition) is 2. The first-order valence-electron chi connectivity index (χ1n) is 3.91. The Morgan fingerprint density at radius 3 is 2.38 bits per heavy atom. The van der Waals surface area contributed by atoms with Crippen molar-refractivity contribution in [2.45, 2.75) is 19.7 Å². The first-order valence-corrected chi connectivity index (χ1v) is 4.99. The lowest BCUT2D eigenvalue weighted by Gasteiger charge is -2.12. The SMILES string of the molecule is Cc1nc(I)c(OC(F)(F)F)cc1C(F)F. The van der Waals surface area contributed by atoms with Crippen molar-refractivity contribution in [2.24, 2.45) is 0 Å². The number of ether oxygens (including phenoxy) is 1. The van der Waals surface area contributed by atoms with Crippen LogP contribution in [0, 0.1) is 10.6 Å².